The summed E-state index contributed by atoms with van der Waals surface area (Å²) in [5.41, 5.74) is 0. The van der Waals surface area contributed by atoms with E-state index >= 15 is 0 Å². The van der Waals surface area contributed by atoms with Crippen LogP contribution in [0.3, 0.4) is 0 Å². The Bertz CT molecular complexity index is 201. The number of ketones is 1. The van der Waals surface area contributed by atoms with Gasteiger partial charge in [-0.15, -0.1) is 0 Å². The van der Waals surface area contributed by atoms with Crippen LogP contribution in [-0.2, 0) is 4.79 Å². The van der Waals surface area contributed by atoms with Crippen LogP contribution in [0.4, 0.5) is 0 Å². The molecule has 0 aromatic carbocycles. The Morgan fingerprint density at radius 1 is 0.867 bits per heavy atom. The second kappa shape index (κ2) is 11.2. The van der Waals surface area contributed by atoms with Crippen LogP contribution < -0.4 is 0 Å². The Labute approximate surface area is 94.3 Å². The van der Waals surface area contributed by atoms with Gasteiger partial charge in [0.2, 0.25) is 0 Å². The van der Waals surface area contributed by atoms with Crippen molar-refractivity contribution < 1.29 is 4.79 Å². The Hall–Kier alpha value is -0.850. The summed E-state index contributed by atoms with van der Waals surface area (Å²) in [6.45, 7) is 4.32. The molecular weight excluding hydrogens is 184 g/mol. The van der Waals surface area contributed by atoms with E-state index in [1.807, 2.05) is 12.2 Å². The molecule has 0 unspecified atom stereocenters. The van der Waals surface area contributed by atoms with Crippen molar-refractivity contribution in [2.24, 2.45) is 0 Å². The van der Waals surface area contributed by atoms with Gasteiger partial charge in [0, 0.05) is 0 Å². The van der Waals surface area contributed by atoms with Gasteiger partial charge < -0.3 is 0 Å². The van der Waals surface area contributed by atoms with Crippen molar-refractivity contribution in [1.29, 1.82) is 0 Å². The fourth-order valence-electron chi connectivity index (χ4n) is 1.31. The predicted molar refractivity (Wildman–Crippen MR) is 67.0 cm³/mol. The summed E-state index contributed by atoms with van der Waals surface area (Å²) in [4.78, 5) is 11.2. The van der Waals surface area contributed by atoms with Gasteiger partial charge >= 0.3 is 0 Å². The number of unbranched alkanes of at least 4 members (excludes halogenated alkanes) is 5. The second-order valence-corrected chi connectivity index (χ2v) is 3.85. The smallest absolute Gasteiger partial charge is 0.177 e. The standard InChI is InChI=1S/C14H24O/c1-3-5-7-8-9-11-13-14(15)12-10-6-4-2/h10-13H,3-9H2,1-2H3/b12-10+,13-11+. The SMILES string of the molecule is CCC/C=C/C(=O)/C=C/CCCCCC. The van der Waals surface area contributed by atoms with Gasteiger partial charge in [0.05, 0.1) is 0 Å². The molecule has 0 aliphatic carbocycles. The molecule has 0 rings (SSSR count). The summed E-state index contributed by atoms with van der Waals surface area (Å²) in [5.74, 6) is 0.124. The highest BCUT2D eigenvalue weighted by molar-refractivity contribution is 5.99. The summed E-state index contributed by atoms with van der Waals surface area (Å²) in [7, 11) is 0. The molecule has 0 fully saturated rings. The lowest BCUT2D eigenvalue weighted by molar-refractivity contribution is -0.110. The van der Waals surface area contributed by atoms with E-state index < -0.39 is 0 Å². The molecule has 0 aromatic rings. The van der Waals surface area contributed by atoms with Gasteiger partial charge in [-0.3, -0.25) is 4.79 Å². The van der Waals surface area contributed by atoms with Gasteiger partial charge in [-0.1, -0.05) is 51.7 Å². The highest BCUT2D eigenvalue weighted by Gasteiger charge is 1.88. The number of hydrogen-bond donors (Lipinski definition) is 0. The average molecular weight is 208 g/mol. The third kappa shape index (κ3) is 11.1. The predicted octanol–water partition coefficient (Wildman–Crippen LogP) is 4.44. The van der Waals surface area contributed by atoms with Crippen molar-refractivity contribution >= 4 is 5.78 Å². The molecule has 0 amide bonds. The van der Waals surface area contributed by atoms with Crippen molar-refractivity contribution in [1.82, 2.24) is 0 Å². The van der Waals surface area contributed by atoms with E-state index in [0.717, 1.165) is 19.3 Å². The fraction of sp³-hybridized carbons (Fsp3) is 0.643. The Balaban J connectivity index is 3.45. The summed E-state index contributed by atoms with van der Waals surface area (Å²) in [5, 5.41) is 0. The zero-order valence-corrected chi connectivity index (χ0v) is 10.2. The Morgan fingerprint density at radius 3 is 2.13 bits per heavy atom. The number of rotatable bonds is 9. The zero-order chi connectivity index (χ0) is 11.4. The number of hydrogen-bond acceptors (Lipinski definition) is 1. The van der Waals surface area contributed by atoms with Crippen LogP contribution in [0, 0.1) is 0 Å². The van der Waals surface area contributed by atoms with E-state index in [2.05, 4.69) is 13.8 Å². The monoisotopic (exact) mass is 208 g/mol. The molecule has 0 bridgehead atoms. The second-order valence-electron chi connectivity index (χ2n) is 3.85. The number of allylic oxidation sites excluding steroid dienone is 4. The van der Waals surface area contributed by atoms with E-state index in [4.69, 9.17) is 0 Å². The largest absolute Gasteiger partial charge is 0.290 e. The van der Waals surface area contributed by atoms with Crippen LogP contribution in [0.25, 0.3) is 0 Å². The molecule has 1 nitrogen and oxygen atoms in total. The maximum absolute atomic E-state index is 11.2. The zero-order valence-electron chi connectivity index (χ0n) is 10.2. The van der Waals surface area contributed by atoms with Gasteiger partial charge in [-0.25, -0.2) is 0 Å². The van der Waals surface area contributed by atoms with Crippen LogP contribution in [-0.4, -0.2) is 5.78 Å². The maximum atomic E-state index is 11.2. The van der Waals surface area contributed by atoms with Crippen molar-refractivity contribution in [3.8, 4) is 0 Å². The Morgan fingerprint density at radius 2 is 1.53 bits per heavy atom. The lowest BCUT2D eigenvalue weighted by Gasteiger charge is -1.93. The van der Waals surface area contributed by atoms with E-state index in [1.54, 1.807) is 12.2 Å². The molecular formula is C14H24O. The van der Waals surface area contributed by atoms with Gasteiger partial charge in [-0.2, -0.15) is 0 Å². The van der Waals surface area contributed by atoms with Crippen LogP contribution in [0.15, 0.2) is 24.3 Å². The normalized spacial score (nSPS) is 11.6. The maximum Gasteiger partial charge on any atom is 0.177 e. The van der Waals surface area contributed by atoms with E-state index in [0.29, 0.717) is 0 Å². The Kier molecular flexibility index (Phi) is 10.6. The molecule has 0 N–H and O–H groups in total. The van der Waals surface area contributed by atoms with Crippen molar-refractivity contribution in [3.63, 3.8) is 0 Å². The minimum atomic E-state index is 0.124. The number of carbonyl (C=O) groups is 1. The summed E-state index contributed by atoms with van der Waals surface area (Å²) >= 11 is 0. The lowest BCUT2D eigenvalue weighted by atomic mass is 10.1. The summed E-state index contributed by atoms with van der Waals surface area (Å²) in [6.07, 6.45) is 15.5. The van der Waals surface area contributed by atoms with Gasteiger partial charge in [0.25, 0.3) is 0 Å². The third-order valence-corrected chi connectivity index (χ3v) is 2.24. The molecule has 86 valence electrons. The number of carbonyl (C=O) groups excluding carboxylic acids is 1. The first kappa shape index (κ1) is 14.2. The van der Waals surface area contributed by atoms with Crippen molar-refractivity contribution in [2.75, 3.05) is 0 Å². The molecule has 0 radical (unpaired) electrons. The van der Waals surface area contributed by atoms with Gasteiger partial charge in [-0.05, 0) is 31.4 Å². The fourth-order valence-corrected chi connectivity index (χ4v) is 1.31. The molecule has 0 aliphatic rings. The van der Waals surface area contributed by atoms with Crippen LogP contribution in [0.1, 0.15) is 58.8 Å². The highest BCUT2D eigenvalue weighted by atomic mass is 16.1. The van der Waals surface area contributed by atoms with Gasteiger partial charge in [0.15, 0.2) is 5.78 Å². The first-order valence-corrected chi connectivity index (χ1v) is 6.18. The summed E-state index contributed by atoms with van der Waals surface area (Å²) < 4.78 is 0. The molecule has 0 aliphatic heterocycles. The topological polar surface area (TPSA) is 17.1 Å². The summed E-state index contributed by atoms with van der Waals surface area (Å²) in [6, 6.07) is 0. The van der Waals surface area contributed by atoms with E-state index in [1.165, 1.54) is 25.7 Å². The minimum absolute atomic E-state index is 0.124. The van der Waals surface area contributed by atoms with Crippen molar-refractivity contribution in [3.05, 3.63) is 24.3 Å². The van der Waals surface area contributed by atoms with Crippen LogP contribution in [0.2, 0.25) is 0 Å². The molecule has 1 heteroatoms. The quantitative estimate of drug-likeness (QED) is 0.404. The first-order valence-electron chi connectivity index (χ1n) is 6.18. The molecule has 0 saturated carbocycles. The van der Waals surface area contributed by atoms with Crippen molar-refractivity contribution in [2.45, 2.75) is 58.8 Å². The highest BCUT2D eigenvalue weighted by Crippen LogP contribution is 2.02. The lowest BCUT2D eigenvalue weighted by Crippen LogP contribution is -1.84. The first-order chi connectivity index (χ1) is 7.31. The van der Waals surface area contributed by atoms with E-state index in [9.17, 15) is 4.79 Å². The van der Waals surface area contributed by atoms with E-state index in [-0.39, 0.29) is 5.78 Å². The molecule has 15 heavy (non-hydrogen) atoms. The molecule has 0 atom stereocenters. The molecule has 0 aromatic heterocycles. The molecule has 0 saturated heterocycles. The average Bonchev–Trinajstić information content (AvgIpc) is 2.23. The minimum Gasteiger partial charge on any atom is -0.290 e. The third-order valence-electron chi connectivity index (χ3n) is 2.24. The van der Waals surface area contributed by atoms with Gasteiger partial charge in [0.1, 0.15) is 0 Å². The molecule has 0 heterocycles. The van der Waals surface area contributed by atoms with Crippen LogP contribution in [0.5, 0.6) is 0 Å². The van der Waals surface area contributed by atoms with Crippen LogP contribution >= 0.6 is 0 Å². The molecule has 0 spiro atoms.